The van der Waals surface area contributed by atoms with Gasteiger partial charge in [-0.25, -0.2) is 15.0 Å². The number of benzene rings is 9. The second-order valence-corrected chi connectivity index (χ2v) is 17.2. The minimum Gasteiger partial charge on any atom is -0.309 e. The van der Waals surface area contributed by atoms with Crippen molar-refractivity contribution < 1.29 is 0 Å². The van der Waals surface area contributed by atoms with Gasteiger partial charge >= 0.3 is 0 Å². The van der Waals surface area contributed by atoms with Gasteiger partial charge in [0.15, 0.2) is 17.5 Å². The summed E-state index contributed by atoms with van der Waals surface area (Å²) in [5, 5.41) is 53.4. The summed E-state index contributed by atoms with van der Waals surface area (Å²) in [5.41, 5.74) is 12.8. The van der Waals surface area contributed by atoms with Crippen molar-refractivity contribution in [2.45, 2.75) is 0 Å². The molecule has 0 aliphatic carbocycles. The lowest BCUT2D eigenvalue weighted by atomic mass is 9.92. The molecule has 0 fully saturated rings. The minimum absolute atomic E-state index is 0.389. The molecular weight excluding hydrogens is 885 g/mol. The predicted molar refractivity (Wildman–Crippen MR) is 279 cm³/mol. The molecule has 0 bridgehead atoms. The van der Waals surface area contributed by atoms with E-state index in [9.17, 15) is 26.3 Å². The Balaban J connectivity index is 1.26. The van der Waals surface area contributed by atoms with E-state index in [1.807, 2.05) is 133 Å². The van der Waals surface area contributed by atoms with Crippen LogP contribution < -0.4 is 0 Å². The molecule has 0 aliphatic rings. The Bertz CT molecular complexity index is 4240. The van der Waals surface area contributed by atoms with E-state index < -0.39 is 0 Å². The van der Waals surface area contributed by atoms with Gasteiger partial charge in [-0.1, -0.05) is 91.0 Å². The number of fused-ring (bicyclic) bond motifs is 6. The molecule has 12 aromatic rings. The summed E-state index contributed by atoms with van der Waals surface area (Å²) in [4.78, 5) is 15.9. The van der Waals surface area contributed by atoms with Crippen molar-refractivity contribution in [1.82, 2.24) is 24.1 Å². The number of aromatic nitrogens is 5. The van der Waals surface area contributed by atoms with Crippen molar-refractivity contribution in [2.75, 3.05) is 0 Å². The molecule has 3 heterocycles. The molecule has 0 saturated carbocycles. The van der Waals surface area contributed by atoms with Crippen LogP contribution in [0.5, 0.6) is 0 Å². The summed E-state index contributed by atoms with van der Waals surface area (Å²) in [6.45, 7) is 0. The highest BCUT2D eigenvalue weighted by atomic mass is 15.1. The normalized spacial score (nSPS) is 11.0. The maximum Gasteiger partial charge on any atom is 0.166 e. The standard InChI is InChI=1S/C62H32N10/c63-33-38-14-20-43(21-15-38)46-22-27-57(71-53-23-16-39(34-64)28-48(53)49-29-40(35-65)17-24-54(49)71)52(32-46)47-12-7-13-58(72-55-25-18-41(36-66)30-50(55)51-31-42(37-67)19-26-56(51)72)59(47)62-69-60(44-8-3-1-4-9-44)68-61(70-62)45-10-5-2-6-11-45/h1-32H. The third-order valence-corrected chi connectivity index (χ3v) is 13.1. The Morgan fingerprint density at radius 1 is 0.292 bits per heavy atom. The van der Waals surface area contributed by atoms with Crippen LogP contribution in [0.15, 0.2) is 194 Å². The molecule has 0 N–H and O–H groups in total. The molecule has 0 unspecified atom stereocenters. The average molecular weight is 917 g/mol. The summed E-state index contributed by atoms with van der Waals surface area (Å²) < 4.78 is 4.32. The molecule has 10 nitrogen and oxygen atoms in total. The summed E-state index contributed by atoms with van der Waals surface area (Å²) in [6, 6.07) is 73.4. The molecule has 0 spiro atoms. The smallest absolute Gasteiger partial charge is 0.166 e. The number of hydrogen-bond acceptors (Lipinski definition) is 8. The maximum atomic E-state index is 10.1. The van der Waals surface area contributed by atoms with E-state index >= 15 is 0 Å². The van der Waals surface area contributed by atoms with Crippen LogP contribution in [0.2, 0.25) is 0 Å². The maximum absolute atomic E-state index is 10.1. The number of nitriles is 5. The van der Waals surface area contributed by atoms with E-state index in [0.29, 0.717) is 50.9 Å². The number of nitrogens with zero attached hydrogens (tertiary/aromatic N) is 10. The van der Waals surface area contributed by atoms with E-state index in [2.05, 4.69) is 63.7 Å². The molecule has 10 heteroatoms. The number of hydrogen-bond donors (Lipinski definition) is 0. The van der Waals surface area contributed by atoms with Crippen LogP contribution in [0.25, 0.3) is 111 Å². The third-order valence-electron chi connectivity index (χ3n) is 13.1. The zero-order valence-corrected chi connectivity index (χ0v) is 37.9. The van der Waals surface area contributed by atoms with E-state index in [-0.39, 0.29) is 0 Å². The van der Waals surface area contributed by atoms with Gasteiger partial charge in [0.2, 0.25) is 0 Å². The van der Waals surface area contributed by atoms with Crippen LogP contribution >= 0.6 is 0 Å². The SMILES string of the molecule is N#Cc1ccc(-c2ccc(-n3c4ccc(C#N)cc4c4cc(C#N)ccc43)c(-c3cccc(-n4c5ccc(C#N)cc5c5cc(C#N)ccc54)c3-c3nc(-c4ccccc4)nc(-c4ccccc4)n3)c2)cc1. The van der Waals surface area contributed by atoms with Gasteiger partial charge in [-0.3, -0.25) is 0 Å². The highest BCUT2D eigenvalue weighted by Gasteiger charge is 2.26. The Kier molecular flexibility index (Phi) is 10.2. The second kappa shape index (κ2) is 17.3. The van der Waals surface area contributed by atoms with Crippen LogP contribution in [0, 0.1) is 56.7 Å². The highest BCUT2D eigenvalue weighted by Crippen LogP contribution is 2.45. The predicted octanol–water partition coefficient (Wildman–Crippen LogP) is 13.8. The largest absolute Gasteiger partial charge is 0.309 e. The first-order valence-electron chi connectivity index (χ1n) is 22.9. The molecular formula is C62H32N10. The summed E-state index contributed by atoms with van der Waals surface area (Å²) in [6.07, 6.45) is 0. The van der Waals surface area contributed by atoms with Crippen molar-refractivity contribution in [2.24, 2.45) is 0 Å². The van der Waals surface area contributed by atoms with Crippen LogP contribution in [0.3, 0.4) is 0 Å². The zero-order valence-electron chi connectivity index (χ0n) is 37.9. The van der Waals surface area contributed by atoms with Crippen molar-refractivity contribution >= 4 is 43.6 Å². The fourth-order valence-corrected chi connectivity index (χ4v) is 9.81. The van der Waals surface area contributed by atoms with Crippen LogP contribution in [0.4, 0.5) is 0 Å². The van der Waals surface area contributed by atoms with Gasteiger partial charge in [0, 0.05) is 38.2 Å². The first-order valence-corrected chi connectivity index (χ1v) is 22.9. The average Bonchev–Trinajstić information content (AvgIpc) is 3.95. The van der Waals surface area contributed by atoms with Gasteiger partial charge in [0.25, 0.3) is 0 Å². The molecule has 0 saturated heterocycles. The molecule has 3 aromatic heterocycles. The molecule has 0 atom stereocenters. The molecule has 0 amide bonds. The van der Waals surface area contributed by atoms with Crippen molar-refractivity contribution in [3.05, 3.63) is 222 Å². The first-order chi connectivity index (χ1) is 35.4. The third kappa shape index (κ3) is 7.04. The van der Waals surface area contributed by atoms with Gasteiger partial charge < -0.3 is 9.13 Å². The van der Waals surface area contributed by atoms with Crippen molar-refractivity contribution in [3.8, 4) is 98.1 Å². The molecule has 72 heavy (non-hydrogen) atoms. The van der Waals surface area contributed by atoms with E-state index in [0.717, 1.165) is 88.4 Å². The zero-order chi connectivity index (χ0) is 48.9. The van der Waals surface area contributed by atoms with Crippen LogP contribution in [-0.2, 0) is 0 Å². The van der Waals surface area contributed by atoms with E-state index in [4.69, 9.17) is 15.0 Å². The fourth-order valence-electron chi connectivity index (χ4n) is 9.81. The number of rotatable bonds is 7. The van der Waals surface area contributed by atoms with Gasteiger partial charge in [0.1, 0.15) is 0 Å². The molecule has 330 valence electrons. The van der Waals surface area contributed by atoms with Gasteiger partial charge in [-0.05, 0) is 120 Å². The Hall–Kier alpha value is -11.0. The first kappa shape index (κ1) is 42.4. The lowest BCUT2D eigenvalue weighted by molar-refractivity contribution is 1.06. The lowest BCUT2D eigenvalue weighted by Crippen LogP contribution is -2.06. The summed E-state index contributed by atoms with van der Waals surface area (Å²) >= 11 is 0. The quantitative estimate of drug-likeness (QED) is 0.152. The summed E-state index contributed by atoms with van der Waals surface area (Å²) in [7, 11) is 0. The fraction of sp³-hybridized carbons (Fsp3) is 0. The Morgan fingerprint density at radius 3 is 1.14 bits per heavy atom. The lowest BCUT2D eigenvalue weighted by Gasteiger charge is -2.21. The molecule has 0 aliphatic heterocycles. The van der Waals surface area contributed by atoms with Crippen LogP contribution in [0.1, 0.15) is 27.8 Å². The van der Waals surface area contributed by atoms with Crippen LogP contribution in [-0.4, -0.2) is 24.1 Å². The highest BCUT2D eigenvalue weighted by molar-refractivity contribution is 6.12. The second-order valence-electron chi connectivity index (χ2n) is 17.2. The molecule has 0 radical (unpaired) electrons. The Morgan fingerprint density at radius 2 is 0.694 bits per heavy atom. The van der Waals surface area contributed by atoms with E-state index in [1.54, 1.807) is 36.4 Å². The van der Waals surface area contributed by atoms with Gasteiger partial charge in [0.05, 0.1) is 97.2 Å². The molecule has 12 rings (SSSR count). The van der Waals surface area contributed by atoms with Crippen molar-refractivity contribution in [3.63, 3.8) is 0 Å². The molecule has 9 aromatic carbocycles. The van der Waals surface area contributed by atoms with Crippen molar-refractivity contribution in [1.29, 1.82) is 26.3 Å². The van der Waals surface area contributed by atoms with Gasteiger partial charge in [-0.15, -0.1) is 0 Å². The Labute approximate surface area is 412 Å². The van der Waals surface area contributed by atoms with Gasteiger partial charge in [-0.2, -0.15) is 26.3 Å². The summed E-state index contributed by atoms with van der Waals surface area (Å²) in [5.74, 6) is 1.32. The topological polar surface area (TPSA) is 167 Å². The monoisotopic (exact) mass is 916 g/mol. The van der Waals surface area contributed by atoms with E-state index in [1.165, 1.54) is 0 Å². The minimum atomic E-state index is 0.389.